The van der Waals surface area contributed by atoms with Gasteiger partial charge in [0.1, 0.15) is 0 Å². The summed E-state index contributed by atoms with van der Waals surface area (Å²) in [5, 5.41) is 21.7. The summed E-state index contributed by atoms with van der Waals surface area (Å²) < 4.78 is 4.68. The second-order valence-corrected chi connectivity index (χ2v) is 6.73. The third-order valence-corrected chi connectivity index (χ3v) is 4.74. The van der Waals surface area contributed by atoms with Crippen LogP contribution in [-0.2, 0) is 9.53 Å². The van der Waals surface area contributed by atoms with E-state index in [1.165, 1.54) is 44.6 Å². The van der Waals surface area contributed by atoms with E-state index in [2.05, 4.69) is 16.8 Å². The number of esters is 1. The molecule has 0 saturated heterocycles. The number of nitrogens with zero attached hydrogens (tertiary/aromatic N) is 1. The molecule has 0 aromatic heterocycles. The minimum atomic E-state index is -1.09. The summed E-state index contributed by atoms with van der Waals surface area (Å²) >= 11 is 0. The quantitative estimate of drug-likeness (QED) is 0.169. The van der Waals surface area contributed by atoms with E-state index in [1.54, 1.807) is 0 Å². The van der Waals surface area contributed by atoms with Crippen LogP contribution >= 0.6 is 0 Å². The number of oxime groups is 1. The summed E-state index contributed by atoms with van der Waals surface area (Å²) in [6, 6.07) is 0. The second kappa shape index (κ2) is 12.1. The first kappa shape index (κ1) is 20.7. The number of unbranched alkanes of at least 4 members (excludes halogenated alkanes) is 6. The summed E-state index contributed by atoms with van der Waals surface area (Å²) in [6.45, 7) is 4.09. The summed E-state index contributed by atoms with van der Waals surface area (Å²) in [5.74, 6) is -0.160. The van der Waals surface area contributed by atoms with Crippen molar-refractivity contribution in [2.45, 2.75) is 90.8 Å². The van der Waals surface area contributed by atoms with Crippen molar-refractivity contribution >= 4 is 11.7 Å². The van der Waals surface area contributed by atoms with Crippen molar-refractivity contribution in [2.75, 3.05) is 0 Å². The Hall–Kier alpha value is -1.36. The topological polar surface area (TPSA) is 79.1 Å². The molecule has 0 aromatic carbocycles. The molecule has 1 rings (SSSR count). The van der Waals surface area contributed by atoms with E-state index in [4.69, 9.17) is 5.21 Å². The number of aliphatic hydroxyl groups is 1. The first-order valence-corrected chi connectivity index (χ1v) is 9.36. The standard InChI is InChI=1S/C19H33NO4/c1-3-4-5-6-7-8-9-11-16(15(2)20-23)12-10-13-17-14-18(21)24-19(17)22/h14,16,18,21,23H,3-13H2,1-2H3/b20-15+. The monoisotopic (exact) mass is 339 g/mol. The molecule has 5 heteroatoms. The Balaban J connectivity index is 2.25. The minimum absolute atomic E-state index is 0.258. The van der Waals surface area contributed by atoms with E-state index < -0.39 is 12.3 Å². The van der Waals surface area contributed by atoms with Crippen LogP contribution in [0.25, 0.3) is 0 Å². The summed E-state index contributed by atoms with van der Waals surface area (Å²) in [6.07, 6.45) is 12.6. The molecule has 0 spiro atoms. The lowest BCUT2D eigenvalue weighted by Gasteiger charge is -2.15. The van der Waals surface area contributed by atoms with Gasteiger partial charge in [-0.05, 0) is 38.7 Å². The van der Waals surface area contributed by atoms with Gasteiger partial charge in [-0.1, -0.05) is 57.0 Å². The van der Waals surface area contributed by atoms with Crippen LogP contribution < -0.4 is 0 Å². The van der Waals surface area contributed by atoms with Crippen LogP contribution in [0.2, 0.25) is 0 Å². The minimum Gasteiger partial charge on any atom is -0.429 e. The van der Waals surface area contributed by atoms with Crippen LogP contribution in [0.5, 0.6) is 0 Å². The Morgan fingerprint density at radius 3 is 2.38 bits per heavy atom. The van der Waals surface area contributed by atoms with Crippen LogP contribution in [0.15, 0.2) is 16.8 Å². The van der Waals surface area contributed by atoms with Crippen molar-refractivity contribution < 1.29 is 19.8 Å². The van der Waals surface area contributed by atoms with E-state index in [-0.39, 0.29) is 5.92 Å². The van der Waals surface area contributed by atoms with Gasteiger partial charge < -0.3 is 15.1 Å². The lowest BCUT2D eigenvalue weighted by Crippen LogP contribution is -2.12. The van der Waals surface area contributed by atoms with Crippen molar-refractivity contribution in [1.82, 2.24) is 0 Å². The molecule has 0 aromatic rings. The maximum Gasteiger partial charge on any atom is 0.336 e. The van der Waals surface area contributed by atoms with Crippen molar-refractivity contribution in [3.8, 4) is 0 Å². The molecule has 0 saturated carbocycles. The zero-order valence-corrected chi connectivity index (χ0v) is 15.2. The molecule has 2 unspecified atom stereocenters. The summed E-state index contributed by atoms with van der Waals surface area (Å²) in [4.78, 5) is 11.5. The van der Waals surface area contributed by atoms with E-state index in [0.29, 0.717) is 12.0 Å². The van der Waals surface area contributed by atoms with Crippen molar-refractivity contribution in [3.63, 3.8) is 0 Å². The zero-order valence-electron chi connectivity index (χ0n) is 15.2. The van der Waals surface area contributed by atoms with Gasteiger partial charge in [-0.2, -0.15) is 0 Å². The SMILES string of the molecule is CCCCCCCCCC(CCCC1=CC(O)OC1=O)/C(C)=N/O. The predicted octanol–water partition coefficient (Wildman–Crippen LogP) is 4.57. The molecule has 1 aliphatic heterocycles. The fourth-order valence-corrected chi connectivity index (χ4v) is 3.18. The van der Waals surface area contributed by atoms with E-state index in [9.17, 15) is 9.90 Å². The molecule has 0 amide bonds. The van der Waals surface area contributed by atoms with Gasteiger partial charge in [0.25, 0.3) is 0 Å². The highest BCUT2D eigenvalue weighted by Crippen LogP contribution is 2.23. The molecular weight excluding hydrogens is 306 g/mol. The molecular formula is C19H33NO4. The Morgan fingerprint density at radius 1 is 1.17 bits per heavy atom. The van der Waals surface area contributed by atoms with Crippen LogP contribution in [0.1, 0.15) is 84.5 Å². The Morgan fingerprint density at radius 2 is 1.79 bits per heavy atom. The fraction of sp³-hybridized carbons (Fsp3) is 0.789. The highest BCUT2D eigenvalue weighted by molar-refractivity contribution is 5.90. The smallest absolute Gasteiger partial charge is 0.336 e. The number of ether oxygens (including phenoxy) is 1. The van der Waals surface area contributed by atoms with Crippen molar-refractivity contribution in [1.29, 1.82) is 0 Å². The maximum atomic E-state index is 11.5. The highest BCUT2D eigenvalue weighted by atomic mass is 16.6. The van der Waals surface area contributed by atoms with Gasteiger partial charge in [-0.25, -0.2) is 4.79 Å². The van der Waals surface area contributed by atoms with Gasteiger partial charge in [-0.15, -0.1) is 0 Å². The van der Waals surface area contributed by atoms with Gasteiger partial charge in [0.05, 0.1) is 5.71 Å². The summed E-state index contributed by atoms with van der Waals surface area (Å²) in [5.41, 5.74) is 1.32. The Labute approximate surface area is 145 Å². The van der Waals surface area contributed by atoms with Gasteiger partial charge >= 0.3 is 5.97 Å². The largest absolute Gasteiger partial charge is 0.429 e. The highest BCUT2D eigenvalue weighted by Gasteiger charge is 2.23. The van der Waals surface area contributed by atoms with Crippen LogP contribution in [0, 0.1) is 5.92 Å². The molecule has 2 N–H and O–H groups in total. The Bertz CT molecular complexity index is 431. The Kier molecular flexibility index (Phi) is 10.4. The third kappa shape index (κ3) is 7.95. The fourth-order valence-electron chi connectivity index (χ4n) is 3.18. The van der Waals surface area contributed by atoms with Gasteiger partial charge in [0, 0.05) is 11.5 Å². The van der Waals surface area contributed by atoms with Crippen molar-refractivity contribution in [2.24, 2.45) is 11.1 Å². The predicted molar refractivity (Wildman–Crippen MR) is 95.0 cm³/mol. The number of carbonyl (C=O) groups excluding carboxylic acids is 1. The molecule has 0 fully saturated rings. The average Bonchev–Trinajstić information content (AvgIpc) is 2.89. The van der Waals surface area contributed by atoms with Gasteiger partial charge in [-0.3, -0.25) is 0 Å². The molecule has 0 radical (unpaired) electrons. The number of hydrogen-bond donors (Lipinski definition) is 2. The molecule has 1 aliphatic rings. The van der Waals surface area contributed by atoms with Crippen LogP contribution in [0.4, 0.5) is 0 Å². The van der Waals surface area contributed by atoms with E-state index in [0.717, 1.165) is 31.4 Å². The number of hydrogen-bond acceptors (Lipinski definition) is 5. The second-order valence-electron chi connectivity index (χ2n) is 6.73. The van der Waals surface area contributed by atoms with Crippen molar-refractivity contribution in [3.05, 3.63) is 11.6 Å². The van der Waals surface area contributed by atoms with Gasteiger partial charge in [0.2, 0.25) is 6.29 Å². The number of aliphatic hydroxyl groups excluding tert-OH is 1. The third-order valence-electron chi connectivity index (χ3n) is 4.74. The molecule has 5 nitrogen and oxygen atoms in total. The number of carbonyl (C=O) groups is 1. The number of cyclic esters (lactones) is 1. The first-order chi connectivity index (χ1) is 11.6. The number of rotatable bonds is 13. The molecule has 138 valence electrons. The molecule has 24 heavy (non-hydrogen) atoms. The van der Waals surface area contributed by atoms with Crippen LogP contribution in [0.3, 0.4) is 0 Å². The molecule has 2 atom stereocenters. The lowest BCUT2D eigenvalue weighted by molar-refractivity contribution is -0.151. The molecule has 0 aliphatic carbocycles. The van der Waals surface area contributed by atoms with Gasteiger partial charge in [0.15, 0.2) is 0 Å². The lowest BCUT2D eigenvalue weighted by atomic mass is 9.90. The zero-order chi connectivity index (χ0) is 17.8. The average molecular weight is 339 g/mol. The maximum absolute atomic E-state index is 11.5. The van der Waals surface area contributed by atoms with E-state index >= 15 is 0 Å². The first-order valence-electron chi connectivity index (χ1n) is 9.36. The normalized spacial score (nSPS) is 19.3. The van der Waals surface area contributed by atoms with Crippen LogP contribution in [-0.4, -0.2) is 28.3 Å². The molecule has 0 bridgehead atoms. The summed E-state index contributed by atoms with van der Waals surface area (Å²) in [7, 11) is 0. The molecule has 1 heterocycles. The van der Waals surface area contributed by atoms with E-state index in [1.807, 2.05) is 6.92 Å².